The highest BCUT2D eigenvalue weighted by molar-refractivity contribution is 5.82. The molecule has 0 radical (unpaired) electrons. The van der Waals surface area contributed by atoms with Gasteiger partial charge in [0.05, 0.1) is 6.10 Å². The van der Waals surface area contributed by atoms with Gasteiger partial charge in [-0.1, -0.05) is 13.8 Å². The Bertz CT molecular complexity index is 458. The number of carbonyl (C=O) groups is 1. The summed E-state index contributed by atoms with van der Waals surface area (Å²) in [5, 5.41) is 10.0. The Morgan fingerprint density at radius 1 is 1.05 bits per heavy atom. The Balaban J connectivity index is 1.63. The lowest BCUT2D eigenvalue weighted by molar-refractivity contribution is -0.121. The van der Waals surface area contributed by atoms with E-state index in [1.807, 2.05) is 0 Å². The molecule has 0 heterocycles. The first-order chi connectivity index (χ1) is 9.92. The monoisotopic (exact) mass is 290 g/mol. The van der Waals surface area contributed by atoms with Gasteiger partial charge in [-0.3, -0.25) is 4.79 Å². The van der Waals surface area contributed by atoms with Crippen LogP contribution in [0.1, 0.15) is 71.6 Å². The summed E-state index contributed by atoms with van der Waals surface area (Å²) in [4.78, 5) is 12.1. The Hall–Kier alpha value is -0.370. The van der Waals surface area contributed by atoms with Gasteiger partial charge in [-0.05, 0) is 79.4 Å². The van der Waals surface area contributed by atoms with Gasteiger partial charge in [0.2, 0.25) is 0 Å². The molecule has 21 heavy (non-hydrogen) atoms. The Kier molecular flexibility index (Phi) is 3.10. The lowest BCUT2D eigenvalue weighted by atomic mass is 9.45. The maximum atomic E-state index is 12.1. The quantitative estimate of drug-likeness (QED) is 0.733. The van der Waals surface area contributed by atoms with Gasteiger partial charge in [0.15, 0.2) is 0 Å². The average Bonchev–Trinajstić information content (AvgIpc) is 2.74. The summed E-state index contributed by atoms with van der Waals surface area (Å²) < 4.78 is 0. The number of carbonyl (C=O) groups excluding carboxylic acids is 1. The van der Waals surface area contributed by atoms with Crippen molar-refractivity contribution in [1.29, 1.82) is 0 Å². The first-order valence-corrected chi connectivity index (χ1v) is 9.12. The molecule has 118 valence electrons. The van der Waals surface area contributed by atoms with E-state index in [1.165, 1.54) is 32.1 Å². The van der Waals surface area contributed by atoms with Gasteiger partial charge in [-0.2, -0.15) is 0 Å². The molecule has 1 N–H and O–H groups in total. The highest BCUT2D eigenvalue weighted by atomic mass is 16.3. The minimum Gasteiger partial charge on any atom is -0.393 e. The third-order valence-corrected chi connectivity index (χ3v) is 8.20. The molecular weight excluding hydrogens is 260 g/mol. The van der Waals surface area contributed by atoms with Gasteiger partial charge in [0.25, 0.3) is 0 Å². The van der Waals surface area contributed by atoms with E-state index in [9.17, 15) is 9.90 Å². The number of hydrogen-bond acceptors (Lipinski definition) is 2. The number of Topliss-reactive ketones (excluding diaryl/α,β-unsaturated/α-hetero) is 1. The van der Waals surface area contributed by atoms with Gasteiger partial charge in [0, 0.05) is 12.8 Å². The van der Waals surface area contributed by atoms with E-state index in [0.717, 1.165) is 43.4 Å². The van der Waals surface area contributed by atoms with Crippen molar-refractivity contribution in [1.82, 2.24) is 0 Å². The highest BCUT2D eigenvalue weighted by Crippen LogP contribution is 2.65. The largest absolute Gasteiger partial charge is 0.393 e. The van der Waals surface area contributed by atoms with Crippen LogP contribution in [0.3, 0.4) is 0 Å². The SMILES string of the molecule is CC12CCC3C(CC[C@H]4CC(O)CCC34C)C1CC(=O)C2. The van der Waals surface area contributed by atoms with E-state index in [4.69, 9.17) is 0 Å². The topological polar surface area (TPSA) is 37.3 Å². The fourth-order valence-corrected chi connectivity index (χ4v) is 7.01. The number of rotatable bonds is 0. The number of aliphatic hydroxyl groups excluding tert-OH is 1. The van der Waals surface area contributed by atoms with Crippen LogP contribution >= 0.6 is 0 Å². The molecule has 0 amide bonds. The van der Waals surface area contributed by atoms with Crippen molar-refractivity contribution in [2.75, 3.05) is 0 Å². The van der Waals surface area contributed by atoms with E-state index >= 15 is 0 Å². The predicted molar refractivity (Wildman–Crippen MR) is 82.7 cm³/mol. The zero-order valence-electron chi connectivity index (χ0n) is 13.6. The molecule has 0 spiro atoms. The Morgan fingerprint density at radius 2 is 1.86 bits per heavy atom. The second kappa shape index (κ2) is 4.57. The summed E-state index contributed by atoms with van der Waals surface area (Å²) in [5.74, 6) is 3.51. The minimum absolute atomic E-state index is 0.0541. The van der Waals surface area contributed by atoms with Gasteiger partial charge in [-0.15, -0.1) is 0 Å². The van der Waals surface area contributed by atoms with Crippen LogP contribution in [0.15, 0.2) is 0 Å². The van der Waals surface area contributed by atoms with Gasteiger partial charge < -0.3 is 5.11 Å². The molecule has 0 aromatic rings. The lowest BCUT2D eigenvalue weighted by Crippen LogP contribution is -2.53. The molecule has 2 nitrogen and oxygen atoms in total. The fraction of sp³-hybridized carbons (Fsp3) is 0.947. The zero-order valence-corrected chi connectivity index (χ0v) is 13.6. The summed E-state index contributed by atoms with van der Waals surface area (Å²) >= 11 is 0. The Labute approximate surface area is 128 Å². The summed E-state index contributed by atoms with van der Waals surface area (Å²) in [6.07, 6.45) is 10.1. The van der Waals surface area contributed by atoms with Crippen molar-refractivity contribution < 1.29 is 9.90 Å². The lowest BCUT2D eigenvalue weighted by Gasteiger charge is -2.60. The molecule has 0 aromatic carbocycles. The molecule has 4 aliphatic rings. The highest BCUT2D eigenvalue weighted by Gasteiger charge is 2.59. The normalized spacial score (nSPS) is 56.5. The molecule has 4 fully saturated rings. The van der Waals surface area contributed by atoms with Crippen LogP contribution < -0.4 is 0 Å². The van der Waals surface area contributed by atoms with Crippen molar-refractivity contribution >= 4 is 5.78 Å². The number of hydrogen-bond donors (Lipinski definition) is 1. The third kappa shape index (κ3) is 1.97. The van der Waals surface area contributed by atoms with E-state index in [1.54, 1.807) is 0 Å². The van der Waals surface area contributed by atoms with Gasteiger partial charge in [-0.25, -0.2) is 0 Å². The van der Waals surface area contributed by atoms with E-state index in [0.29, 0.717) is 22.5 Å². The van der Waals surface area contributed by atoms with Crippen molar-refractivity contribution in [3.8, 4) is 0 Å². The molecular formula is C19H30O2. The summed E-state index contributed by atoms with van der Waals surface area (Å²) in [7, 11) is 0. The standard InChI is InChI=1S/C19H30O2/c1-18-7-6-16-15(17(18)10-14(21)11-18)4-3-12-9-13(20)5-8-19(12,16)2/h12-13,15-17,20H,3-11H2,1-2H3/t12-,13?,15?,16?,17?,18?,19?/m0/s1. The predicted octanol–water partition coefficient (Wildman–Crippen LogP) is 3.96. The second-order valence-electron chi connectivity index (χ2n) is 9.20. The van der Waals surface area contributed by atoms with Crippen molar-refractivity contribution in [3.63, 3.8) is 0 Å². The van der Waals surface area contributed by atoms with Crippen LogP contribution in [-0.4, -0.2) is 17.0 Å². The van der Waals surface area contributed by atoms with E-state index in [-0.39, 0.29) is 6.10 Å². The number of fused-ring (bicyclic) bond motifs is 5. The molecule has 6 unspecified atom stereocenters. The third-order valence-electron chi connectivity index (χ3n) is 8.20. The van der Waals surface area contributed by atoms with Crippen LogP contribution in [-0.2, 0) is 4.79 Å². The van der Waals surface area contributed by atoms with Crippen LogP contribution in [0.2, 0.25) is 0 Å². The van der Waals surface area contributed by atoms with Crippen LogP contribution in [0, 0.1) is 34.5 Å². The van der Waals surface area contributed by atoms with E-state index in [2.05, 4.69) is 13.8 Å². The van der Waals surface area contributed by atoms with Crippen molar-refractivity contribution in [3.05, 3.63) is 0 Å². The van der Waals surface area contributed by atoms with Crippen LogP contribution in [0.25, 0.3) is 0 Å². The maximum absolute atomic E-state index is 12.1. The number of aliphatic hydroxyl groups is 1. The smallest absolute Gasteiger partial charge is 0.133 e. The molecule has 4 rings (SSSR count). The summed E-state index contributed by atoms with van der Waals surface area (Å²) in [6, 6.07) is 0. The van der Waals surface area contributed by atoms with Crippen molar-refractivity contribution in [2.45, 2.75) is 77.7 Å². The average molecular weight is 290 g/mol. The first-order valence-electron chi connectivity index (χ1n) is 9.12. The molecule has 4 aliphatic carbocycles. The van der Waals surface area contributed by atoms with Gasteiger partial charge in [0.1, 0.15) is 5.78 Å². The molecule has 0 bridgehead atoms. The first kappa shape index (κ1) is 14.2. The molecule has 4 saturated carbocycles. The maximum Gasteiger partial charge on any atom is 0.133 e. The van der Waals surface area contributed by atoms with Crippen molar-refractivity contribution in [2.24, 2.45) is 34.5 Å². The fourth-order valence-electron chi connectivity index (χ4n) is 7.01. The summed E-state index contributed by atoms with van der Waals surface area (Å²) in [5.41, 5.74) is 0.755. The van der Waals surface area contributed by atoms with E-state index < -0.39 is 0 Å². The van der Waals surface area contributed by atoms with Crippen LogP contribution in [0.4, 0.5) is 0 Å². The summed E-state index contributed by atoms with van der Waals surface area (Å²) in [6.45, 7) is 4.90. The number of ketones is 1. The second-order valence-corrected chi connectivity index (χ2v) is 9.20. The molecule has 0 saturated heterocycles. The molecule has 0 aromatic heterocycles. The zero-order chi connectivity index (χ0) is 14.8. The Morgan fingerprint density at radius 3 is 2.67 bits per heavy atom. The molecule has 7 atom stereocenters. The minimum atomic E-state index is -0.0541. The van der Waals surface area contributed by atoms with Crippen LogP contribution in [0.5, 0.6) is 0 Å². The molecule has 0 aliphatic heterocycles. The molecule has 2 heteroatoms. The van der Waals surface area contributed by atoms with Gasteiger partial charge >= 0.3 is 0 Å².